The molecule has 1 aromatic rings. The van der Waals surface area contributed by atoms with Gasteiger partial charge in [-0.1, -0.05) is 32.0 Å². The lowest BCUT2D eigenvalue weighted by molar-refractivity contribution is 0.288. The molecule has 5 nitrogen and oxygen atoms in total. The van der Waals surface area contributed by atoms with Crippen molar-refractivity contribution in [3.63, 3.8) is 0 Å². The molecule has 0 fully saturated rings. The molecule has 0 radical (unpaired) electrons. The summed E-state index contributed by atoms with van der Waals surface area (Å²) >= 11 is 1.64. The Kier molecular flexibility index (Phi) is 6.69. The summed E-state index contributed by atoms with van der Waals surface area (Å²) < 4.78 is 5.43. The van der Waals surface area contributed by atoms with E-state index in [0.717, 1.165) is 23.8 Å². The van der Waals surface area contributed by atoms with Crippen LogP contribution in [0.5, 0.6) is 6.01 Å². The van der Waals surface area contributed by atoms with Crippen molar-refractivity contribution in [2.75, 3.05) is 24.7 Å². The number of hydrogen-bond acceptors (Lipinski definition) is 6. The summed E-state index contributed by atoms with van der Waals surface area (Å²) in [4.78, 5) is 12.7. The molecular formula is C11H20N4OS. The number of thioether (sulfide) groups is 1. The molecule has 0 saturated heterocycles. The Morgan fingerprint density at radius 2 is 2.00 bits per heavy atom. The lowest BCUT2D eigenvalue weighted by atomic mass is 10.4. The summed E-state index contributed by atoms with van der Waals surface area (Å²) in [5, 5.41) is 3.64. The van der Waals surface area contributed by atoms with Crippen LogP contribution < -0.4 is 10.1 Å². The van der Waals surface area contributed by atoms with Gasteiger partial charge in [0.05, 0.1) is 6.61 Å². The number of aromatic nitrogens is 3. The highest BCUT2D eigenvalue weighted by Gasteiger charge is 2.06. The summed E-state index contributed by atoms with van der Waals surface area (Å²) in [5.74, 6) is 1.58. The summed E-state index contributed by atoms with van der Waals surface area (Å²) in [5.41, 5.74) is 0. The largest absolute Gasteiger partial charge is 0.463 e. The molecule has 96 valence electrons. The molecule has 1 N–H and O–H groups in total. The zero-order chi connectivity index (χ0) is 12.5. The molecule has 0 aliphatic rings. The van der Waals surface area contributed by atoms with E-state index in [1.165, 1.54) is 6.42 Å². The maximum Gasteiger partial charge on any atom is 0.322 e. The molecule has 0 bridgehead atoms. The van der Waals surface area contributed by atoms with Crippen LogP contribution >= 0.6 is 11.8 Å². The van der Waals surface area contributed by atoms with E-state index < -0.39 is 0 Å². The van der Waals surface area contributed by atoms with E-state index in [2.05, 4.69) is 34.1 Å². The van der Waals surface area contributed by atoms with Gasteiger partial charge in [-0.2, -0.15) is 15.0 Å². The van der Waals surface area contributed by atoms with Gasteiger partial charge in [0, 0.05) is 12.8 Å². The van der Waals surface area contributed by atoms with Crippen LogP contribution in [0.4, 0.5) is 5.95 Å². The van der Waals surface area contributed by atoms with E-state index in [-0.39, 0.29) is 0 Å². The first-order valence-corrected chi connectivity index (χ1v) is 6.98. The molecule has 0 saturated carbocycles. The van der Waals surface area contributed by atoms with Crippen molar-refractivity contribution in [3.8, 4) is 6.01 Å². The average molecular weight is 256 g/mol. The molecular weight excluding hydrogens is 236 g/mol. The van der Waals surface area contributed by atoms with E-state index in [1.54, 1.807) is 18.8 Å². The number of nitrogens with zero attached hydrogens (tertiary/aromatic N) is 3. The van der Waals surface area contributed by atoms with E-state index in [9.17, 15) is 0 Å². The molecule has 0 atom stereocenters. The predicted molar refractivity (Wildman–Crippen MR) is 70.8 cm³/mol. The highest BCUT2D eigenvalue weighted by atomic mass is 32.2. The molecule has 0 amide bonds. The molecule has 0 aliphatic heterocycles. The number of ether oxygens (including phenoxy) is 1. The first-order valence-electron chi connectivity index (χ1n) is 5.99. The topological polar surface area (TPSA) is 59.9 Å². The lowest BCUT2D eigenvalue weighted by Crippen LogP contribution is -2.05. The fraction of sp³-hybridized carbons (Fsp3) is 0.727. The molecule has 1 rings (SSSR count). The van der Waals surface area contributed by atoms with Gasteiger partial charge >= 0.3 is 6.01 Å². The van der Waals surface area contributed by atoms with Crippen LogP contribution in [0.2, 0.25) is 0 Å². The summed E-state index contributed by atoms with van der Waals surface area (Å²) in [6, 6.07) is 0.408. The average Bonchev–Trinajstić information content (AvgIpc) is 2.36. The maximum atomic E-state index is 5.43. The number of anilines is 1. The van der Waals surface area contributed by atoms with Gasteiger partial charge in [0.1, 0.15) is 0 Å². The summed E-state index contributed by atoms with van der Waals surface area (Å²) in [6.07, 6.45) is 3.28. The minimum atomic E-state index is 0.408. The maximum absolute atomic E-state index is 5.43. The third kappa shape index (κ3) is 5.21. The highest BCUT2D eigenvalue weighted by Crippen LogP contribution is 2.18. The van der Waals surface area contributed by atoms with E-state index in [4.69, 9.17) is 4.74 Å². The van der Waals surface area contributed by atoms with Crippen LogP contribution in [0.1, 0.15) is 33.1 Å². The van der Waals surface area contributed by atoms with Crippen molar-refractivity contribution < 1.29 is 4.74 Å². The molecule has 1 heterocycles. The SMILES string of the molecule is CCCCSc1nc(NC)nc(OCCC)n1. The van der Waals surface area contributed by atoms with Crippen molar-refractivity contribution in [1.29, 1.82) is 0 Å². The molecule has 0 spiro atoms. The fourth-order valence-corrected chi connectivity index (χ4v) is 1.99. The van der Waals surface area contributed by atoms with Crippen molar-refractivity contribution >= 4 is 17.7 Å². The van der Waals surface area contributed by atoms with E-state index >= 15 is 0 Å². The second-order valence-corrected chi connectivity index (χ2v) is 4.59. The van der Waals surface area contributed by atoms with Crippen LogP contribution in [-0.4, -0.2) is 34.4 Å². The quantitative estimate of drug-likeness (QED) is 0.570. The minimum absolute atomic E-state index is 0.408. The van der Waals surface area contributed by atoms with Crippen LogP contribution in [0, 0.1) is 0 Å². The standard InChI is InChI=1S/C11H20N4OS/c1-4-6-8-17-11-14-9(12-3)13-10(15-11)16-7-5-2/h4-8H2,1-3H3,(H,12,13,14,15). The molecule has 17 heavy (non-hydrogen) atoms. The molecule has 6 heteroatoms. The van der Waals surface area contributed by atoms with Gasteiger partial charge in [0.2, 0.25) is 5.95 Å². The van der Waals surface area contributed by atoms with Gasteiger partial charge in [0.15, 0.2) is 5.16 Å². The Labute approximate surface area is 107 Å². The van der Waals surface area contributed by atoms with Gasteiger partial charge in [-0.3, -0.25) is 0 Å². The Hall–Kier alpha value is -1.04. The van der Waals surface area contributed by atoms with Gasteiger partial charge in [-0.15, -0.1) is 0 Å². The highest BCUT2D eigenvalue weighted by molar-refractivity contribution is 7.99. The zero-order valence-electron chi connectivity index (χ0n) is 10.7. The molecule has 0 aliphatic carbocycles. The van der Waals surface area contributed by atoms with Crippen LogP contribution in [-0.2, 0) is 0 Å². The number of nitrogens with one attached hydrogen (secondary N) is 1. The normalized spacial score (nSPS) is 10.3. The Balaban J connectivity index is 2.67. The van der Waals surface area contributed by atoms with Gasteiger partial charge < -0.3 is 10.1 Å². The third-order valence-electron chi connectivity index (χ3n) is 1.98. The summed E-state index contributed by atoms with van der Waals surface area (Å²) in [6.45, 7) is 4.85. The second-order valence-electron chi connectivity index (χ2n) is 3.52. The minimum Gasteiger partial charge on any atom is -0.463 e. The zero-order valence-corrected chi connectivity index (χ0v) is 11.5. The molecule has 1 aromatic heterocycles. The van der Waals surface area contributed by atoms with Crippen LogP contribution in [0.25, 0.3) is 0 Å². The lowest BCUT2D eigenvalue weighted by Gasteiger charge is -2.06. The van der Waals surface area contributed by atoms with Crippen molar-refractivity contribution in [2.24, 2.45) is 0 Å². The Morgan fingerprint density at radius 3 is 2.65 bits per heavy atom. The van der Waals surface area contributed by atoms with Gasteiger partial charge in [-0.05, 0) is 12.8 Å². The van der Waals surface area contributed by atoms with Crippen molar-refractivity contribution in [1.82, 2.24) is 15.0 Å². The smallest absolute Gasteiger partial charge is 0.322 e. The number of hydrogen-bond donors (Lipinski definition) is 1. The molecule has 0 aromatic carbocycles. The van der Waals surface area contributed by atoms with Crippen LogP contribution in [0.3, 0.4) is 0 Å². The molecule has 0 unspecified atom stereocenters. The monoisotopic (exact) mass is 256 g/mol. The van der Waals surface area contributed by atoms with E-state index in [0.29, 0.717) is 18.6 Å². The predicted octanol–water partition coefficient (Wildman–Crippen LogP) is 2.59. The van der Waals surface area contributed by atoms with Gasteiger partial charge in [-0.25, -0.2) is 0 Å². The van der Waals surface area contributed by atoms with Gasteiger partial charge in [0.25, 0.3) is 0 Å². The Bertz CT molecular complexity index is 335. The first-order chi connectivity index (χ1) is 8.30. The third-order valence-corrected chi connectivity index (χ3v) is 2.92. The second kappa shape index (κ2) is 8.11. The number of rotatable bonds is 8. The van der Waals surface area contributed by atoms with Crippen molar-refractivity contribution in [2.45, 2.75) is 38.3 Å². The fourth-order valence-electron chi connectivity index (χ4n) is 1.08. The van der Waals surface area contributed by atoms with Crippen LogP contribution in [0.15, 0.2) is 5.16 Å². The van der Waals surface area contributed by atoms with E-state index in [1.807, 2.05) is 0 Å². The van der Waals surface area contributed by atoms with Crippen molar-refractivity contribution in [3.05, 3.63) is 0 Å². The number of unbranched alkanes of at least 4 members (excludes halogenated alkanes) is 1. The first kappa shape index (κ1) is 14.0. The summed E-state index contributed by atoms with van der Waals surface area (Å²) in [7, 11) is 1.79. The Morgan fingerprint density at radius 1 is 1.18 bits per heavy atom.